The number of unbranched alkanes of at least 4 members (excludes halogenated alkanes) is 2. The van der Waals surface area contributed by atoms with Gasteiger partial charge in [-0.15, -0.1) is 5.92 Å². The molecule has 0 heterocycles. The Hall–Kier alpha value is -1.26. The number of nitrogens with one attached hydrogen (secondary N) is 1. The molecule has 0 saturated carbocycles. The van der Waals surface area contributed by atoms with Gasteiger partial charge in [0.1, 0.15) is 0 Å². The fraction of sp³-hybridized carbons (Fsp3) is 0.500. The number of hydrogen-bond donors (Lipinski definition) is 1. The Bertz CT molecular complexity index is 345. The van der Waals surface area contributed by atoms with Crippen LogP contribution < -0.4 is 5.32 Å². The zero-order chi connectivity index (χ0) is 12.3. The Morgan fingerprint density at radius 3 is 2.59 bits per heavy atom. The van der Waals surface area contributed by atoms with Crippen molar-refractivity contribution in [3.8, 4) is 11.8 Å². The van der Waals surface area contributed by atoms with E-state index in [9.17, 15) is 0 Å². The van der Waals surface area contributed by atoms with Gasteiger partial charge in [-0.25, -0.2) is 0 Å². The Morgan fingerprint density at radius 2 is 1.94 bits per heavy atom. The molecular weight excluding hydrogens is 206 g/mol. The molecule has 1 atom stereocenters. The molecular formula is C16H23N. The van der Waals surface area contributed by atoms with Gasteiger partial charge in [0.15, 0.2) is 0 Å². The molecule has 0 spiro atoms. The van der Waals surface area contributed by atoms with Crippen molar-refractivity contribution in [1.82, 2.24) is 5.32 Å². The second kappa shape index (κ2) is 8.84. The Labute approximate surface area is 106 Å². The quantitative estimate of drug-likeness (QED) is 0.578. The van der Waals surface area contributed by atoms with E-state index < -0.39 is 0 Å². The molecule has 0 aliphatic rings. The fourth-order valence-electron chi connectivity index (χ4n) is 1.59. The summed E-state index contributed by atoms with van der Waals surface area (Å²) >= 11 is 0. The van der Waals surface area contributed by atoms with Gasteiger partial charge in [-0.1, -0.05) is 56.5 Å². The first-order valence-electron chi connectivity index (χ1n) is 6.62. The van der Waals surface area contributed by atoms with E-state index in [-0.39, 0.29) is 0 Å². The summed E-state index contributed by atoms with van der Waals surface area (Å²) in [4.78, 5) is 0. The van der Waals surface area contributed by atoms with E-state index in [0.717, 1.165) is 19.4 Å². The first-order chi connectivity index (χ1) is 8.36. The first kappa shape index (κ1) is 13.8. The van der Waals surface area contributed by atoms with Crippen molar-refractivity contribution in [3.05, 3.63) is 35.9 Å². The molecule has 1 N–H and O–H groups in total. The van der Waals surface area contributed by atoms with Crippen molar-refractivity contribution in [2.45, 2.75) is 52.1 Å². The SMILES string of the molecule is CCCCC#C[C@H](CC)NCc1ccccc1. The molecule has 0 aliphatic carbocycles. The molecule has 0 amide bonds. The van der Waals surface area contributed by atoms with E-state index in [2.05, 4.69) is 55.3 Å². The average molecular weight is 229 g/mol. The summed E-state index contributed by atoms with van der Waals surface area (Å²) in [5.74, 6) is 6.57. The molecule has 0 saturated heterocycles. The summed E-state index contributed by atoms with van der Waals surface area (Å²) in [6, 6.07) is 10.8. The summed E-state index contributed by atoms with van der Waals surface area (Å²) in [7, 11) is 0. The second-order valence-electron chi connectivity index (χ2n) is 4.25. The van der Waals surface area contributed by atoms with Crippen molar-refractivity contribution >= 4 is 0 Å². The van der Waals surface area contributed by atoms with Crippen LogP contribution in [0, 0.1) is 11.8 Å². The van der Waals surface area contributed by atoms with Crippen LogP contribution >= 0.6 is 0 Å². The highest BCUT2D eigenvalue weighted by molar-refractivity contribution is 5.15. The standard InChI is InChI=1S/C16H23N/c1-3-5-6-10-13-16(4-2)17-14-15-11-8-7-9-12-15/h7-9,11-12,16-17H,3-6,14H2,1-2H3/t16-/m0/s1. The number of rotatable bonds is 6. The maximum atomic E-state index is 3.49. The monoisotopic (exact) mass is 229 g/mol. The predicted octanol–water partition coefficient (Wildman–Crippen LogP) is 3.75. The van der Waals surface area contributed by atoms with Crippen LogP contribution in [0.3, 0.4) is 0 Å². The summed E-state index contributed by atoms with van der Waals surface area (Å²) in [6.45, 7) is 5.28. The lowest BCUT2D eigenvalue weighted by Crippen LogP contribution is -2.26. The Kier molecular flexibility index (Phi) is 7.18. The zero-order valence-electron chi connectivity index (χ0n) is 11.0. The highest BCUT2D eigenvalue weighted by atomic mass is 14.9. The third kappa shape index (κ3) is 6.14. The number of benzene rings is 1. The molecule has 92 valence electrons. The largest absolute Gasteiger partial charge is 0.300 e. The minimum atomic E-state index is 0.326. The maximum Gasteiger partial charge on any atom is 0.0689 e. The molecule has 1 nitrogen and oxygen atoms in total. The summed E-state index contributed by atoms with van der Waals surface area (Å²) < 4.78 is 0. The molecule has 0 aromatic heterocycles. The average Bonchev–Trinajstić information content (AvgIpc) is 2.39. The Balaban J connectivity index is 2.33. The van der Waals surface area contributed by atoms with Gasteiger partial charge in [0, 0.05) is 13.0 Å². The molecule has 0 aliphatic heterocycles. The van der Waals surface area contributed by atoms with Gasteiger partial charge in [0.25, 0.3) is 0 Å². The van der Waals surface area contributed by atoms with Crippen molar-refractivity contribution in [2.24, 2.45) is 0 Å². The highest BCUT2D eigenvalue weighted by Gasteiger charge is 2.00. The highest BCUT2D eigenvalue weighted by Crippen LogP contribution is 1.99. The van der Waals surface area contributed by atoms with Crippen molar-refractivity contribution in [1.29, 1.82) is 0 Å². The first-order valence-corrected chi connectivity index (χ1v) is 6.62. The van der Waals surface area contributed by atoms with Crippen molar-refractivity contribution < 1.29 is 0 Å². The van der Waals surface area contributed by atoms with Gasteiger partial charge in [-0.2, -0.15) is 0 Å². The van der Waals surface area contributed by atoms with Crippen LogP contribution in [-0.2, 0) is 6.54 Å². The molecule has 0 unspecified atom stereocenters. The van der Waals surface area contributed by atoms with Gasteiger partial charge in [-0.05, 0) is 18.4 Å². The second-order valence-corrected chi connectivity index (χ2v) is 4.25. The fourth-order valence-corrected chi connectivity index (χ4v) is 1.59. The van der Waals surface area contributed by atoms with E-state index in [1.165, 1.54) is 18.4 Å². The van der Waals surface area contributed by atoms with Gasteiger partial charge < -0.3 is 0 Å². The normalized spacial score (nSPS) is 11.6. The smallest absolute Gasteiger partial charge is 0.0689 e. The minimum Gasteiger partial charge on any atom is -0.300 e. The lowest BCUT2D eigenvalue weighted by Gasteiger charge is -2.10. The van der Waals surface area contributed by atoms with Crippen molar-refractivity contribution in [2.75, 3.05) is 0 Å². The summed E-state index contributed by atoms with van der Waals surface area (Å²) in [5.41, 5.74) is 1.32. The van der Waals surface area contributed by atoms with E-state index >= 15 is 0 Å². The summed E-state index contributed by atoms with van der Waals surface area (Å²) in [6.07, 6.45) is 4.52. The van der Waals surface area contributed by atoms with Crippen LogP contribution in [0.1, 0.15) is 45.1 Å². The molecule has 1 aromatic rings. The minimum absolute atomic E-state index is 0.326. The van der Waals surface area contributed by atoms with Crippen molar-refractivity contribution in [3.63, 3.8) is 0 Å². The van der Waals surface area contributed by atoms with Gasteiger partial charge in [0.05, 0.1) is 6.04 Å². The topological polar surface area (TPSA) is 12.0 Å². The summed E-state index contributed by atoms with van der Waals surface area (Å²) in [5, 5.41) is 3.49. The number of hydrogen-bond acceptors (Lipinski definition) is 1. The molecule has 1 rings (SSSR count). The van der Waals surface area contributed by atoms with Crippen LogP contribution in [-0.4, -0.2) is 6.04 Å². The Morgan fingerprint density at radius 1 is 1.18 bits per heavy atom. The van der Waals surface area contributed by atoms with Crippen LogP contribution in [0.25, 0.3) is 0 Å². The zero-order valence-corrected chi connectivity index (χ0v) is 11.0. The predicted molar refractivity (Wildman–Crippen MR) is 74.7 cm³/mol. The third-order valence-corrected chi connectivity index (χ3v) is 2.74. The third-order valence-electron chi connectivity index (χ3n) is 2.74. The van der Waals surface area contributed by atoms with E-state index in [1.54, 1.807) is 0 Å². The van der Waals surface area contributed by atoms with Crippen LogP contribution in [0.5, 0.6) is 0 Å². The molecule has 0 bridgehead atoms. The van der Waals surface area contributed by atoms with E-state index in [1.807, 2.05) is 6.07 Å². The molecule has 1 heteroatoms. The van der Waals surface area contributed by atoms with E-state index in [0.29, 0.717) is 6.04 Å². The lowest BCUT2D eigenvalue weighted by molar-refractivity contribution is 0.591. The van der Waals surface area contributed by atoms with Crippen LogP contribution in [0.2, 0.25) is 0 Å². The van der Waals surface area contributed by atoms with Gasteiger partial charge >= 0.3 is 0 Å². The van der Waals surface area contributed by atoms with Crippen LogP contribution in [0.4, 0.5) is 0 Å². The van der Waals surface area contributed by atoms with E-state index in [4.69, 9.17) is 0 Å². The van der Waals surface area contributed by atoms with Crippen LogP contribution in [0.15, 0.2) is 30.3 Å². The van der Waals surface area contributed by atoms with Gasteiger partial charge in [-0.3, -0.25) is 5.32 Å². The molecule has 17 heavy (non-hydrogen) atoms. The lowest BCUT2D eigenvalue weighted by atomic mass is 10.1. The maximum absolute atomic E-state index is 3.49. The molecule has 1 aromatic carbocycles. The molecule has 0 fully saturated rings. The van der Waals surface area contributed by atoms with Gasteiger partial charge in [0.2, 0.25) is 0 Å². The molecule has 0 radical (unpaired) electrons.